The fourth-order valence-electron chi connectivity index (χ4n) is 2.65. The first-order valence-corrected chi connectivity index (χ1v) is 7.19. The minimum Gasteiger partial charge on any atom is -0.342 e. The third-order valence-electron chi connectivity index (χ3n) is 3.63. The van der Waals surface area contributed by atoms with Gasteiger partial charge in [-0.2, -0.15) is 0 Å². The lowest BCUT2D eigenvalue weighted by Gasteiger charge is -2.28. The molecule has 0 bridgehead atoms. The lowest BCUT2D eigenvalue weighted by molar-refractivity contribution is 0.268. The monoisotopic (exact) mass is 247 g/mol. The Morgan fingerprint density at radius 1 is 1.47 bits per heavy atom. The Labute approximate surface area is 106 Å². The molecule has 2 aliphatic rings. The van der Waals surface area contributed by atoms with Crippen molar-refractivity contribution in [2.75, 3.05) is 5.75 Å². The number of thioether (sulfide) groups is 1. The van der Waals surface area contributed by atoms with Crippen molar-refractivity contribution in [2.24, 2.45) is 4.99 Å². The second-order valence-corrected chi connectivity index (χ2v) is 5.62. The van der Waals surface area contributed by atoms with Gasteiger partial charge in [0.25, 0.3) is 0 Å². The van der Waals surface area contributed by atoms with Gasteiger partial charge < -0.3 is 4.90 Å². The van der Waals surface area contributed by atoms with Gasteiger partial charge in [0.15, 0.2) is 5.17 Å². The van der Waals surface area contributed by atoms with E-state index in [0.717, 1.165) is 5.69 Å². The van der Waals surface area contributed by atoms with E-state index >= 15 is 0 Å². The number of hydrogen-bond acceptors (Lipinski definition) is 4. The van der Waals surface area contributed by atoms with Gasteiger partial charge in [0, 0.05) is 18.0 Å². The molecule has 0 amide bonds. The van der Waals surface area contributed by atoms with E-state index in [2.05, 4.69) is 29.8 Å². The van der Waals surface area contributed by atoms with Crippen molar-refractivity contribution in [2.45, 2.75) is 38.4 Å². The zero-order valence-electron chi connectivity index (χ0n) is 10.2. The van der Waals surface area contributed by atoms with Crippen molar-refractivity contribution < 1.29 is 0 Å². The van der Waals surface area contributed by atoms with E-state index < -0.39 is 0 Å². The van der Waals surface area contributed by atoms with Crippen molar-refractivity contribution in [1.82, 2.24) is 9.88 Å². The maximum Gasteiger partial charge on any atom is 0.160 e. The largest absolute Gasteiger partial charge is 0.342 e. The molecule has 0 saturated carbocycles. The predicted octanol–water partition coefficient (Wildman–Crippen LogP) is 2.71. The molecular weight excluding hydrogens is 230 g/mol. The summed E-state index contributed by atoms with van der Waals surface area (Å²) in [6.07, 6.45) is 3.06. The molecule has 3 rings (SSSR count). The molecule has 2 aliphatic heterocycles. The summed E-state index contributed by atoms with van der Waals surface area (Å²) in [5, 5.41) is 1.22. The zero-order valence-corrected chi connectivity index (χ0v) is 11.0. The molecule has 1 aromatic rings. The molecule has 0 spiro atoms. The van der Waals surface area contributed by atoms with Crippen LogP contribution in [-0.4, -0.2) is 32.9 Å². The number of aromatic nitrogens is 1. The fourth-order valence-corrected chi connectivity index (χ4v) is 4.04. The van der Waals surface area contributed by atoms with Gasteiger partial charge in [-0.15, -0.1) is 0 Å². The maximum atomic E-state index is 4.84. The second-order valence-electron chi connectivity index (χ2n) is 4.63. The van der Waals surface area contributed by atoms with E-state index in [4.69, 9.17) is 4.99 Å². The number of hydrogen-bond donors (Lipinski definition) is 0. The van der Waals surface area contributed by atoms with E-state index in [-0.39, 0.29) is 6.04 Å². The molecule has 3 heterocycles. The standard InChI is InChI=1S/C13H17N3S/c1-3-10-8-17-13-15-12(9(2)16(10)13)11-6-4-5-7-14-11/h4-7,9-10,12H,3,8H2,1-2H3. The number of rotatable bonds is 2. The van der Waals surface area contributed by atoms with Crippen molar-refractivity contribution in [3.05, 3.63) is 30.1 Å². The molecule has 1 aromatic heterocycles. The van der Waals surface area contributed by atoms with Gasteiger partial charge in [-0.05, 0) is 25.5 Å². The van der Waals surface area contributed by atoms with Gasteiger partial charge in [-0.1, -0.05) is 24.8 Å². The second kappa shape index (κ2) is 4.33. The first kappa shape index (κ1) is 11.1. The summed E-state index contributed by atoms with van der Waals surface area (Å²) in [6, 6.07) is 7.40. The lowest BCUT2D eigenvalue weighted by atomic mass is 10.0. The molecule has 1 fully saturated rings. The maximum absolute atomic E-state index is 4.84. The Kier molecular flexibility index (Phi) is 2.82. The number of nitrogens with zero attached hydrogens (tertiary/aromatic N) is 3. The van der Waals surface area contributed by atoms with Gasteiger partial charge in [0.05, 0.1) is 11.7 Å². The summed E-state index contributed by atoms with van der Waals surface area (Å²) < 4.78 is 0. The molecule has 3 unspecified atom stereocenters. The third kappa shape index (κ3) is 1.75. The Morgan fingerprint density at radius 2 is 2.35 bits per heavy atom. The number of aliphatic imine (C=N–C) groups is 1. The highest BCUT2D eigenvalue weighted by Gasteiger charge is 2.42. The summed E-state index contributed by atoms with van der Waals surface area (Å²) in [6.45, 7) is 4.53. The molecule has 17 heavy (non-hydrogen) atoms. The molecule has 4 heteroatoms. The molecule has 0 N–H and O–H groups in total. The summed E-state index contributed by atoms with van der Waals surface area (Å²) in [5.41, 5.74) is 1.09. The van der Waals surface area contributed by atoms with Gasteiger partial charge in [0.2, 0.25) is 0 Å². The quantitative estimate of drug-likeness (QED) is 0.804. The van der Waals surface area contributed by atoms with Gasteiger partial charge in [-0.25, -0.2) is 0 Å². The summed E-state index contributed by atoms with van der Waals surface area (Å²) >= 11 is 1.90. The van der Waals surface area contributed by atoms with Gasteiger partial charge in [0.1, 0.15) is 6.04 Å². The average molecular weight is 247 g/mol. The van der Waals surface area contributed by atoms with Crippen LogP contribution in [0, 0.1) is 0 Å². The van der Waals surface area contributed by atoms with E-state index in [1.807, 2.05) is 30.1 Å². The number of amidine groups is 1. The summed E-state index contributed by atoms with van der Waals surface area (Å²) in [5.74, 6) is 1.19. The minimum absolute atomic E-state index is 0.216. The van der Waals surface area contributed by atoms with Crippen LogP contribution in [0.15, 0.2) is 29.4 Å². The van der Waals surface area contributed by atoms with Crippen LogP contribution in [0.25, 0.3) is 0 Å². The van der Waals surface area contributed by atoms with Crippen LogP contribution >= 0.6 is 11.8 Å². The molecule has 90 valence electrons. The van der Waals surface area contributed by atoms with E-state index in [1.54, 1.807) is 0 Å². The zero-order chi connectivity index (χ0) is 11.8. The van der Waals surface area contributed by atoms with Crippen LogP contribution in [0.5, 0.6) is 0 Å². The van der Waals surface area contributed by atoms with Crippen LogP contribution in [-0.2, 0) is 0 Å². The molecule has 0 aromatic carbocycles. The topological polar surface area (TPSA) is 28.5 Å². The first-order chi connectivity index (χ1) is 8.31. The van der Waals surface area contributed by atoms with E-state index in [9.17, 15) is 0 Å². The Bertz CT molecular complexity index is 432. The highest BCUT2D eigenvalue weighted by atomic mass is 32.2. The Balaban J connectivity index is 1.89. The summed E-state index contributed by atoms with van der Waals surface area (Å²) in [4.78, 5) is 11.8. The lowest BCUT2D eigenvalue weighted by Crippen LogP contribution is -2.38. The SMILES string of the molecule is CCC1CSC2=NC(c3ccccn3)C(C)N21. The fraction of sp³-hybridized carbons (Fsp3) is 0.538. The van der Waals surface area contributed by atoms with Crippen molar-refractivity contribution >= 4 is 16.9 Å². The van der Waals surface area contributed by atoms with E-state index in [0.29, 0.717) is 12.1 Å². The Hall–Kier alpha value is -1.03. The van der Waals surface area contributed by atoms with E-state index in [1.165, 1.54) is 17.3 Å². The van der Waals surface area contributed by atoms with Gasteiger partial charge >= 0.3 is 0 Å². The van der Waals surface area contributed by atoms with Crippen LogP contribution in [0.3, 0.4) is 0 Å². The smallest absolute Gasteiger partial charge is 0.160 e. The van der Waals surface area contributed by atoms with Crippen LogP contribution in [0.1, 0.15) is 32.0 Å². The molecule has 3 atom stereocenters. The molecule has 0 aliphatic carbocycles. The van der Waals surface area contributed by atoms with Crippen molar-refractivity contribution in [3.8, 4) is 0 Å². The minimum atomic E-state index is 0.216. The Morgan fingerprint density at radius 3 is 3.06 bits per heavy atom. The number of fused-ring (bicyclic) bond motifs is 1. The normalized spacial score (nSPS) is 31.5. The molecular formula is C13H17N3S. The molecule has 1 saturated heterocycles. The van der Waals surface area contributed by atoms with Crippen LogP contribution < -0.4 is 0 Å². The van der Waals surface area contributed by atoms with Crippen molar-refractivity contribution in [1.29, 1.82) is 0 Å². The predicted molar refractivity (Wildman–Crippen MR) is 72.3 cm³/mol. The highest BCUT2D eigenvalue weighted by molar-refractivity contribution is 8.14. The summed E-state index contributed by atoms with van der Waals surface area (Å²) in [7, 11) is 0. The first-order valence-electron chi connectivity index (χ1n) is 6.21. The molecule has 0 radical (unpaired) electrons. The average Bonchev–Trinajstić information content (AvgIpc) is 2.91. The third-order valence-corrected chi connectivity index (χ3v) is 4.75. The number of pyridine rings is 1. The van der Waals surface area contributed by atoms with Crippen LogP contribution in [0.2, 0.25) is 0 Å². The molecule has 3 nitrogen and oxygen atoms in total. The van der Waals surface area contributed by atoms with Crippen LogP contribution in [0.4, 0.5) is 0 Å². The highest BCUT2D eigenvalue weighted by Crippen LogP contribution is 2.40. The van der Waals surface area contributed by atoms with Crippen molar-refractivity contribution in [3.63, 3.8) is 0 Å². The van der Waals surface area contributed by atoms with Gasteiger partial charge in [-0.3, -0.25) is 9.98 Å².